The average Bonchev–Trinajstić information content (AvgIpc) is 3.47. The Morgan fingerprint density at radius 1 is 0.694 bits per heavy atom. The first-order valence-corrected chi connectivity index (χ1v) is 28.6. The number of anilines is 1. The van der Waals surface area contributed by atoms with Crippen molar-refractivity contribution in [2.75, 3.05) is 71.5 Å². The largest absolute Gasteiger partial charge is 0.466 e. The predicted octanol–water partition coefficient (Wildman–Crippen LogP) is 2.68. The van der Waals surface area contributed by atoms with Crippen molar-refractivity contribution >= 4 is 91.5 Å². The van der Waals surface area contributed by atoms with Crippen LogP contribution in [0, 0.1) is 12.8 Å². The summed E-state index contributed by atoms with van der Waals surface area (Å²) in [5.74, 6) is -4.33. The zero-order valence-corrected chi connectivity index (χ0v) is 54.9. The van der Waals surface area contributed by atoms with E-state index >= 15 is 0 Å². The van der Waals surface area contributed by atoms with Gasteiger partial charge in [-0.15, -0.1) is 0 Å². The van der Waals surface area contributed by atoms with Gasteiger partial charge in [0.2, 0.25) is 47.3 Å². The molecule has 2 aromatic rings. The van der Waals surface area contributed by atoms with Crippen LogP contribution >= 0.6 is 22.6 Å². The summed E-state index contributed by atoms with van der Waals surface area (Å²) < 4.78 is 20.4. The Morgan fingerprint density at radius 3 is 1.89 bits per heavy atom. The Kier molecular flexibility index (Phi) is 46.7. The molecule has 0 spiro atoms. The third-order valence-corrected chi connectivity index (χ3v) is 11.6. The maximum Gasteiger partial charge on any atom is 0.367 e. The van der Waals surface area contributed by atoms with Gasteiger partial charge in [0.25, 0.3) is 0 Å². The van der Waals surface area contributed by atoms with Crippen molar-refractivity contribution in [3.05, 3.63) is 84.8 Å². The normalized spacial score (nSPS) is 11.6. The number of carbonyl (C=O) groups is 11. The summed E-state index contributed by atoms with van der Waals surface area (Å²) >= 11 is 1.52. The molecule has 2 aromatic carbocycles. The Bertz CT molecular complexity index is 2370. The molecular weight excluding hydrogens is 1300 g/mol. The van der Waals surface area contributed by atoms with Gasteiger partial charge < -0.3 is 84.6 Å². The van der Waals surface area contributed by atoms with Crippen LogP contribution < -0.4 is 53.6 Å². The number of esters is 1. The minimum atomic E-state index is -1.10. The van der Waals surface area contributed by atoms with Crippen molar-refractivity contribution in [2.24, 2.45) is 11.7 Å². The van der Waals surface area contributed by atoms with Gasteiger partial charge in [-0.05, 0) is 75.6 Å². The summed E-state index contributed by atoms with van der Waals surface area (Å²) in [7, 11) is 1.21. The van der Waals surface area contributed by atoms with Gasteiger partial charge in [0, 0.05) is 109 Å². The van der Waals surface area contributed by atoms with Gasteiger partial charge in [0.15, 0.2) is 0 Å². The van der Waals surface area contributed by atoms with Crippen molar-refractivity contribution in [3.63, 3.8) is 0 Å². The molecule has 0 bridgehead atoms. The summed E-state index contributed by atoms with van der Waals surface area (Å²) in [6.07, 6.45) is 5.82. The Balaban J connectivity index is 0. The summed E-state index contributed by atoms with van der Waals surface area (Å²) in [5.41, 5.74) is 6.19. The monoisotopic (exact) mass is 1380 g/mol. The van der Waals surface area contributed by atoms with Gasteiger partial charge in [-0.2, -0.15) is 6.42 Å². The third kappa shape index (κ3) is 45.8. The predicted molar refractivity (Wildman–Crippen MR) is 322 cm³/mol. The molecular formula is C57H88IN10O16Y-. The standard InChI is InChI=1S/C44H63IN7O11.C8H13N3O4.C5H12O.Y/c1-6-8-14-37(54)51-34(41(58)46-22-24-63-44(4,5)21-23-61-30(3)7-2)19-20-36(53)47-26-38(55)48-27-40(57)52-35(25-31-12-10-9-11-13-31)42(59)49-28-39(56)50-33-17-15-32(16-18-33)29-62-43(45)60;1-15-7(13)3-2-6(12)10-4-5-11-8(9)14;1-5(2)3-4-6;/h9-13,15-18,30,34-35H,2,6-8,14,19-29H2,1,3-5H3,(H,46,58)(H,47,53)(H,48,55)(H,49,59)(H,50,56)(H,51,54)(H,52,57);2-3H,4-5H2,1H3,(H,10,12)(H3,9,11,14);5-6H,3-4H2,1-2H3;/q-1;;;/b;3-2-;;/t30?,34?,35-;;;/m0.../s1. The first-order chi connectivity index (χ1) is 39.8. The fraction of sp³-hybridized carbons (Fsp3) is 0.544. The molecule has 2 unspecified atom stereocenters. The number of hydrogen-bond acceptors (Lipinski definition) is 16. The van der Waals surface area contributed by atoms with Gasteiger partial charge in [-0.3, -0.25) is 38.4 Å². The van der Waals surface area contributed by atoms with E-state index in [1.54, 1.807) is 54.6 Å². The molecule has 0 fully saturated rings. The van der Waals surface area contributed by atoms with E-state index in [0.29, 0.717) is 44.1 Å². The number of methoxy groups -OCH3 is 1. The molecule has 3 atom stereocenters. The molecule has 0 saturated carbocycles. The van der Waals surface area contributed by atoms with Crippen molar-refractivity contribution in [2.45, 2.75) is 130 Å². The molecule has 10 amide bonds. The topological polar surface area (TPSA) is 379 Å². The Morgan fingerprint density at radius 2 is 1.31 bits per heavy atom. The number of aliphatic hydroxyl groups is 1. The van der Waals surface area contributed by atoms with Crippen molar-refractivity contribution in [1.29, 1.82) is 0 Å². The number of carbonyl (C=O) groups excluding carboxylic acids is 11. The zero-order chi connectivity index (χ0) is 63.3. The van der Waals surface area contributed by atoms with E-state index in [1.165, 1.54) is 29.7 Å². The SMILES string of the molecule is CC(C)CCO.COC(=O)/C=C\C(=O)NCCNC(N)=O.[CH2-]CC(C)OCCC(C)(C)OCCNC(=O)C(CCC(=O)NCC(=O)NCC(=O)N[C@@H](Cc1ccccc1)C(=O)NCC(=O)Nc1ccc(COC(=O)I)cc1)NC(=O)CCCC.[Y]. The number of hydrogen-bond donors (Lipinski definition) is 11. The van der Waals surface area contributed by atoms with Crippen molar-refractivity contribution < 1.29 is 110 Å². The first kappa shape index (κ1) is 80.9. The number of ether oxygens (including phenoxy) is 4. The molecule has 85 heavy (non-hydrogen) atoms. The Labute approximate surface area is 537 Å². The van der Waals surface area contributed by atoms with Crippen molar-refractivity contribution in [1.82, 2.24) is 42.5 Å². The molecule has 473 valence electrons. The van der Waals surface area contributed by atoms with Crippen LogP contribution in [0.25, 0.3) is 0 Å². The summed E-state index contributed by atoms with van der Waals surface area (Å²) in [4.78, 5) is 132. The second kappa shape index (κ2) is 49.0. The number of unbranched alkanes of at least 4 members (excludes halogenated alkanes) is 1. The summed E-state index contributed by atoms with van der Waals surface area (Å²) in [5, 5.41) is 31.0. The quantitative estimate of drug-likeness (QED) is 0.0116. The molecule has 0 aromatic heterocycles. The van der Waals surface area contributed by atoms with Gasteiger partial charge in [0.1, 0.15) is 18.7 Å². The second-order valence-electron chi connectivity index (χ2n) is 19.6. The molecule has 0 heterocycles. The van der Waals surface area contributed by atoms with Crippen LogP contribution in [0.2, 0.25) is 0 Å². The molecule has 12 N–H and O–H groups in total. The average molecular weight is 1390 g/mol. The van der Waals surface area contributed by atoms with Gasteiger partial charge in [0.05, 0.1) is 61.5 Å². The van der Waals surface area contributed by atoms with E-state index in [9.17, 15) is 52.7 Å². The summed E-state index contributed by atoms with van der Waals surface area (Å²) in [6.45, 7) is 16.1. The second-order valence-corrected chi connectivity index (χ2v) is 20.5. The van der Waals surface area contributed by atoms with Gasteiger partial charge in [-0.25, -0.2) is 14.4 Å². The van der Waals surface area contributed by atoms with Crippen LogP contribution in [-0.2, 0) is 108 Å². The Hall–Kier alpha value is -6.14. The van der Waals surface area contributed by atoms with E-state index in [-0.39, 0.29) is 103 Å². The molecule has 28 heteroatoms. The van der Waals surface area contributed by atoms with Crippen LogP contribution in [0.15, 0.2) is 66.7 Å². The minimum absolute atomic E-state index is 0. The zero-order valence-electron chi connectivity index (χ0n) is 49.9. The van der Waals surface area contributed by atoms with Crippen LogP contribution in [0.1, 0.15) is 104 Å². The number of benzene rings is 2. The number of nitrogens with one attached hydrogen (secondary N) is 9. The maximum atomic E-state index is 13.2. The molecule has 0 aliphatic heterocycles. The van der Waals surface area contributed by atoms with Crippen LogP contribution in [0.4, 0.5) is 15.3 Å². The molecule has 1 radical (unpaired) electrons. The van der Waals surface area contributed by atoms with Crippen LogP contribution in [-0.4, -0.2) is 158 Å². The van der Waals surface area contributed by atoms with Crippen LogP contribution in [0.3, 0.4) is 0 Å². The van der Waals surface area contributed by atoms with Gasteiger partial charge >= 0.3 is 16.0 Å². The number of amides is 10. The van der Waals surface area contributed by atoms with Crippen molar-refractivity contribution in [3.8, 4) is 0 Å². The number of halogens is 1. The third-order valence-electron chi connectivity index (χ3n) is 11.3. The molecule has 0 saturated heterocycles. The number of aliphatic hydroxyl groups excluding tert-OH is 1. The molecule has 26 nitrogen and oxygen atoms in total. The molecule has 0 aliphatic carbocycles. The minimum Gasteiger partial charge on any atom is -0.466 e. The number of primary amides is 1. The maximum absolute atomic E-state index is 13.2. The molecule has 2 rings (SSSR count). The van der Waals surface area contributed by atoms with E-state index in [2.05, 4.69) is 73.4 Å². The van der Waals surface area contributed by atoms with E-state index < -0.39 is 94.6 Å². The van der Waals surface area contributed by atoms with E-state index in [0.717, 1.165) is 36.1 Å². The number of nitrogens with two attached hydrogens (primary N) is 1. The summed E-state index contributed by atoms with van der Waals surface area (Å²) in [6, 6.07) is 12.7. The molecule has 0 aliphatic rings. The first-order valence-electron chi connectivity index (χ1n) is 27.5. The smallest absolute Gasteiger partial charge is 0.367 e. The van der Waals surface area contributed by atoms with Crippen LogP contribution in [0.5, 0.6) is 0 Å². The van der Waals surface area contributed by atoms with Gasteiger partial charge in [-0.1, -0.05) is 69.7 Å². The fourth-order valence-corrected chi connectivity index (χ4v) is 6.62. The fourth-order valence-electron chi connectivity index (χ4n) is 6.47. The van der Waals surface area contributed by atoms with E-state index in [1.807, 2.05) is 27.7 Å². The number of rotatable bonds is 37. The van der Waals surface area contributed by atoms with E-state index in [4.69, 9.17) is 25.1 Å². The number of urea groups is 1.